The minimum absolute atomic E-state index is 0.321. The summed E-state index contributed by atoms with van der Waals surface area (Å²) < 4.78 is 38.0. The first-order chi connectivity index (χ1) is 16.7. The van der Waals surface area contributed by atoms with Crippen molar-refractivity contribution in [2.45, 2.75) is 39.2 Å². The van der Waals surface area contributed by atoms with E-state index in [1.165, 1.54) is 10.5 Å². The number of aliphatic carboxylic acids is 1. The molecule has 2 aromatic carbocycles. The van der Waals surface area contributed by atoms with Crippen molar-refractivity contribution in [1.29, 1.82) is 0 Å². The Bertz CT molecular complexity index is 1280. The van der Waals surface area contributed by atoms with E-state index < -0.39 is 29.9 Å². The Morgan fingerprint density at radius 1 is 1.26 bits per heavy atom. The van der Waals surface area contributed by atoms with Gasteiger partial charge in [0.15, 0.2) is 6.61 Å². The van der Waals surface area contributed by atoms with Crippen molar-refractivity contribution in [2.75, 3.05) is 10.9 Å². The minimum atomic E-state index is -2.59. The molecule has 0 bridgehead atoms. The zero-order chi connectivity index (χ0) is 25.1. The summed E-state index contributed by atoms with van der Waals surface area (Å²) in [6.07, 6.45) is 3.46. The summed E-state index contributed by atoms with van der Waals surface area (Å²) >= 11 is 0.877. The number of aromatic nitrogens is 1. The molecule has 2 unspecified atom stereocenters. The molecular weight excluding hydrogens is 536 g/mol. The number of hydrogen-bond acceptors (Lipinski definition) is 6. The Kier molecular flexibility index (Phi) is 7.73. The second-order valence-corrected chi connectivity index (χ2v) is 9.97. The van der Waals surface area contributed by atoms with Crippen molar-refractivity contribution in [2.24, 2.45) is 0 Å². The smallest absolute Gasteiger partial charge is 0.341 e. The van der Waals surface area contributed by atoms with Crippen molar-refractivity contribution < 1.29 is 28.1 Å². The van der Waals surface area contributed by atoms with Gasteiger partial charge < -0.3 is 19.1 Å². The van der Waals surface area contributed by atoms with Gasteiger partial charge in [-0.1, -0.05) is 18.2 Å². The molecule has 0 saturated heterocycles. The fraction of sp³-hybridized carbons (Fsp3) is 0.280. The van der Waals surface area contributed by atoms with Crippen LogP contribution < -0.4 is 13.8 Å². The topological polar surface area (TPSA) is 112 Å². The molecule has 0 saturated carbocycles. The standard InChI is InChI=1S/C25H25BrN2O6S/c1-15-9-10-18(11-16(15)2)34-25-21(26)12-17(13-27-25)28(35(31)32)22-7-3-6-20-19(22)5-4-8-23(20)33-14-24(29)30/h4-5,8-13,22H,3,6-7,14H2,1-2H3,(H,29,30)(H,31,32)/p-1. The Morgan fingerprint density at radius 3 is 2.74 bits per heavy atom. The van der Waals surface area contributed by atoms with E-state index in [1.807, 2.05) is 38.1 Å². The molecule has 1 N–H and O–H groups in total. The van der Waals surface area contributed by atoms with E-state index >= 15 is 0 Å². The third kappa shape index (κ3) is 5.66. The Hall–Kier alpha value is -2.95. The number of anilines is 1. The molecule has 35 heavy (non-hydrogen) atoms. The molecular formula is C25H24BrN2O6S-. The highest BCUT2D eigenvalue weighted by molar-refractivity contribution is 9.10. The first-order valence-corrected chi connectivity index (χ1v) is 12.8. The van der Waals surface area contributed by atoms with E-state index in [1.54, 1.807) is 18.2 Å². The van der Waals surface area contributed by atoms with Gasteiger partial charge in [-0.3, -0.25) is 8.51 Å². The molecule has 184 valence electrons. The summed E-state index contributed by atoms with van der Waals surface area (Å²) in [7, 11) is 0. The molecule has 4 rings (SSSR count). The lowest BCUT2D eigenvalue weighted by atomic mass is 9.87. The summed E-state index contributed by atoms with van der Waals surface area (Å²) in [6.45, 7) is 3.55. The lowest BCUT2D eigenvalue weighted by Crippen LogP contribution is -2.33. The van der Waals surface area contributed by atoms with Crippen LogP contribution in [0, 0.1) is 13.8 Å². The van der Waals surface area contributed by atoms with Gasteiger partial charge in [0.05, 0.1) is 22.4 Å². The van der Waals surface area contributed by atoms with Crippen LogP contribution in [0.25, 0.3) is 0 Å². The second kappa shape index (κ2) is 10.8. The van der Waals surface area contributed by atoms with Gasteiger partial charge in [0.1, 0.15) is 11.5 Å². The third-order valence-electron chi connectivity index (χ3n) is 5.97. The Labute approximate surface area is 214 Å². The fourth-order valence-electron chi connectivity index (χ4n) is 4.18. The lowest BCUT2D eigenvalue weighted by molar-refractivity contribution is -0.139. The Morgan fingerprint density at radius 2 is 2.06 bits per heavy atom. The summed E-state index contributed by atoms with van der Waals surface area (Å²) in [5, 5.41) is 8.97. The zero-order valence-electron chi connectivity index (χ0n) is 19.2. The molecule has 0 spiro atoms. The van der Waals surface area contributed by atoms with Crippen molar-refractivity contribution in [1.82, 2.24) is 4.98 Å². The average Bonchev–Trinajstić information content (AvgIpc) is 2.82. The number of hydrogen-bond donors (Lipinski definition) is 1. The maximum atomic E-state index is 12.4. The van der Waals surface area contributed by atoms with Gasteiger partial charge >= 0.3 is 5.97 Å². The molecule has 1 aliphatic carbocycles. The van der Waals surface area contributed by atoms with E-state index in [2.05, 4.69) is 20.9 Å². The largest absolute Gasteiger partial charge is 0.755 e. The molecule has 1 aliphatic rings. The van der Waals surface area contributed by atoms with Crippen LogP contribution in [-0.2, 0) is 22.5 Å². The van der Waals surface area contributed by atoms with Crippen molar-refractivity contribution in [3.63, 3.8) is 0 Å². The molecule has 1 heterocycles. The molecule has 0 radical (unpaired) electrons. The van der Waals surface area contributed by atoms with E-state index in [-0.39, 0.29) is 0 Å². The van der Waals surface area contributed by atoms with Crippen LogP contribution in [0.2, 0.25) is 0 Å². The van der Waals surface area contributed by atoms with E-state index in [0.717, 1.165) is 28.7 Å². The molecule has 1 aromatic heterocycles. The highest BCUT2D eigenvalue weighted by Crippen LogP contribution is 2.42. The van der Waals surface area contributed by atoms with Gasteiger partial charge in [-0.15, -0.1) is 0 Å². The SMILES string of the molecule is Cc1ccc(Oc2ncc(N(C3CCCc4c(OCC(=O)O)cccc43)S(=O)[O-])cc2Br)cc1C. The molecule has 8 nitrogen and oxygen atoms in total. The number of nitrogens with zero attached hydrogens (tertiary/aromatic N) is 2. The van der Waals surface area contributed by atoms with Crippen molar-refractivity contribution in [3.05, 3.63) is 75.4 Å². The van der Waals surface area contributed by atoms with Crippen molar-refractivity contribution in [3.8, 4) is 17.4 Å². The average molecular weight is 560 g/mol. The first-order valence-electron chi connectivity index (χ1n) is 11.0. The number of carboxylic acids is 1. The summed E-state index contributed by atoms with van der Waals surface area (Å²) in [4.78, 5) is 15.3. The van der Waals surface area contributed by atoms with Crippen LogP contribution in [0.3, 0.4) is 0 Å². The molecule has 2 atom stereocenters. The minimum Gasteiger partial charge on any atom is -0.755 e. The van der Waals surface area contributed by atoms with Crippen LogP contribution in [0.5, 0.6) is 17.4 Å². The quantitative estimate of drug-likeness (QED) is 0.368. The number of fused-ring (bicyclic) bond motifs is 1. The monoisotopic (exact) mass is 559 g/mol. The number of rotatable bonds is 8. The highest BCUT2D eigenvalue weighted by atomic mass is 79.9. The highest BCUT2D eigenvalue weighted by Gasteiger charge is 2.30. The lowest BCUT2D eigenvalue weighted by Gasteiger charge is -2.38. The van der Waals surface area contributed by atoms with Crippen LogP contribution in [0.1, 0.15) is 41.1 Å². The number of halogens is 1. The van der Waals surface area contributed by atoms with Gasteiger partial charge in [0.2, 0.25) is 5.88 Å². The van der Waals surface area contributed by atoms with Crippen LogP contribution >= 0.6 is 15.9 Å². The maximum absolute atomic E-state index is 12.4. The third-order valence-corrected chi connectivity index (χ3v) is 7.32. The van der Waals surface area contributed by atoms with Crippen LogP contribution in [-0.4, -0.2) is 31.4 Å². The molecule has 0 fully saturated rings. The van der Waals surface area contributed by atoms with Gasteiger partial charge in [-0.2, -0.15) is 0 Å². The number of ether oxygens (including phenoxy) is 2. The number of carboxylic acid groups (broad SMARTS) is 1. The zero-order valence-corrected chi connectivity index (χ0v) is 21.6. The van der Waals surface area contributed by atoms with E-state index in [0.29, 0.717) is 40.4 Å². The normalized spacial score (nSPS) is 15.7. The predicted octanol–water partition coefficient (Wildman–Crippen LogP) is 5.39. The molecule has 10 heteroatoms. The van der Waals surface area contributed by atoms with Crippen LogP contribution in [0.15, 0.2) is 53.1 Å². The van der Waals surface area contributed by atoms with Crippen molar-refractivity contribution >= 4 is 38.9 Å². The molecule has 0 aliphatic heterocycles. The first kappa shape index (κ1) is 25.2. The van der Waals surface area contributed by atoms with Gasteiger partial charge in [0, 0.05) is 11.3 Å². The van der Waals surface area contributed by atoms with Gasteiger partial charge in [-0.25, -0.2) is 9.78 Å². The summed E-state index contributed by atoms with van der Waals surface area (Å²) in [5.74, 6) is 0.342. The van der Waals surface area contributed by atoms with Gasteiger partial charge in [-0.05, 0) is 95.6 Å². The second-order valence-electron chi connectivity index (χ2n) is 8.29. The Balaban J connectivity index is 1.64. The summed E-state index contributed by atoms with van der Waals surface area (Å²) in [5.41, 5.74) is 4.23. The fourth-order valence-corrected chi connectivity index (χ4v) is 5.29. The van der Waals surface area contributed by atoms with E-state index in [4.69, 9.17) is 14.6 Å². The number of pyridine rings is 1. The maximum Gasteiger partial charge on any atom is 0.341 e. The number of benzene rings is 2. The predicted molar refractivity (Wildman–Crippen MR) is 135 cm³/mol. The number of aryl methyl sites for hydroxylation is 2. The van der Waals surface area contributed by atoms with Gasteiger partial charge in [0.25, 0.3) is 0 Å². The van der Waals surface area contributed by atoms with Crippen LogP contribution in [0.4, 0.5) is 5.69 Å². The number of carbonyl (C=O) groups is 1. The van der Waals surface area contributed by atoms with E-state index in [9.17, 15) is 13.6 Å². The molecule has 3 aromatic rings. The summed E-state index contributed by atoms with van der Waals surface area (Å²) in [6, 6.07) is 12.2. The molecule has 0 amide bonds.